The van der Waals surface area contributed by atoms with Crippen LogP contribution in [-0.2, 0) is 0 Å². The molecule has 0 bridgehead atoms. The summed E-state index contributed by atoms with van der Waals surface area (Å²) >= 11 is 1.75. The van der Waals surface area contributed by atoms with E-state index in [9.17, 15) is 0 Å². The summed E-state index contributed by atoms with van der Waals surface area (Å²) in [6.45, 7) is 4.23. The second kappa shape index (κ2) is 7.46. The number of likely N-dealkylation sites (tertiary alicyclic amines) is 1. The van der Waals surface area contributed by atoms with Gasteiger partial charge in [-0.25, -0.2) is 0 Å². The first-order valence-electron chi connectivity index (χ1n) is 8.84. The minimum Gasteiger partial charge on any atom is -0.497 e. The largest absolute Gasteiger partial charge is 0.497 e. The Balaban J connectivity index is 1.44. The van der Waals surface area contributed by atoms with E-state index in [1.807, 2.05) is 6.07 Å². The fraction of sp³-hybridized carbons (Fsp3) is 0.333. The molecule has 0 atom stereocenters. The van der Waals surface area contributed by atoms with Crippen molar-refractivity contribution in [2.24, 2.45) is 0 Å². The van der Waals surface area contributed by atoms with Gasteiger partial charge in [-0.2, -0.15) is 0 Å². The average Bonchev–Trinajstić information content (AvgIpc) is 3.31. The van der Waals surface area contributed by atoms with Gasteiger partial charge < -0.3 is 9.47 Å². The lowest BCUT2D eigenvalue weighted by atomic mass is 10.0. The quantitative estimate of drug-likeness (QED) is 0.619. The third-order valence-corrected chi connectivity index (χ3v) is 5.77. The van der Waals surface area contributed by atoms with E-state index in [1.165, 1.54) is 47.1 Å². The summed E-state index contributed by atoms with van der Waals surface area (Å²) in [4.78, 5) is 2.47. The Hall–Kier alpha value is -2.04. The number of methoxy groups -OCH3 is 1. The zero-order chi connectivity index (χ0) is 17.1. The number of ether oxygens (including phenoxy) is 2. The minimum absolute atomic E-state index is 0.764. The van der Waals surface area contributed by atoms with Crippen molar-refractivity contribution in [2.45, 2.75) is 12.8 Å². The minimum atomic E-state index is 0.764. The van der Waals surface area contributed by atoms with Crippen molar-refractivity contribution in [1.29, 1.82) is 0 Å². The molecule has 0 amide bonds. The average molecular weight is 353 g/mol. The first-order chi connectivity index (χ1) is 12.3. The van der Waals surface area contributed by atoms with Crippen LogP contribution < -0.4 is 9.47 Å². The third-order valence-electron chi connectivity index (χ3n) is 4.82. The SMILES string of the molecule is COc1ccc2c(-c3ccc(OCCN4CCCC4)cc3)csc2c1. The predicted octanol–water partition coefficient (Wildman–Crippen LogP) is 5.05. The molecule has 0 radical (unpaired) electrons. The van der Waals surface area contributed by atoms with Gasteiger partial charge in [0.1, 0.15) is 18.1 Å². The van der Waals surface area contributed by atoms with Crippen molar-refractivity contribution in [2.75, 3.05) is 33.4 Å². The lowest BCUT2D eigenvalue weighted by Crippen LogP contribution is -2.25. The molecule has 4 rings (SSSR count). The van der Waals surface area contributed by atoms with Gasteiger partial charge in [0, 0.05) is 22.2 Å². The number of nitrogens with zero attached hydrogens (tertiary/aromatic N) is 1. The molecule has 0 spiro atoms. The fourth-order valence-corrected chi connectivity index (χ4v) is 4.39. The van der Waals surface area contributed by atoms with E-state index in [4.69, 9.17) is 9.47 Å². The Morgan fingerprint density at radius 3 is 2.52 bits per heavy atom. The van der Waals surface area contributed by atoms with Gasteiger partial charge in [-0.3, -0.25) is 4.90 Å². The summed E-state index contributed by atoms with van der Waals surface area (Å²) in [7, 11) is 1.71. The Kier molecular flexibility index (Phi) is 4.90. The number of benzene rings is 2. The highest BCUT2D eigenvalue weighted by molar-refractivity contribution is 7.17. The van der Waals surface area contributed by atoms with Gasteiger partial charge in [0.15, 0.2) is 0 Å². The normalized spacial score (nSPS) is 14.9. The molecule has 0 aliphatic carbocycles. The van der Waals surface area contributed by atoms with Crippen molar-refractivity contribution in [3.8, 4) is 22.6 Å². The van der Waals surface area contributed by atoms with Gasteiger partial charge in [-0.1, -0.05) is 12.1 Å². The van der Waals surface area contributed by atoms with Crippen LogP contribution >= 0.6 is 11.3 Å². The van der Waals surface area contributed by atoms with Crippen LogP contribution in [0.3, 0.4) is 0 Å². The van der Waals surface area contributed by atoms with Crippen molar-refractivity contribution < 1.29 is 9.47 Å². The summed E-state index contributed by atoms with van der Waals surface area (Å²) in [5, 5.41) is 3.49. The molecule has 0 unspecified atom stereocenters. The van der Waals surface area contributed by atoms with E-state index >= 15 is 0 Å². The predicted molar refractivity (Wildman–Crippen MR) is 105 cm³/mol. The molecule has 1 saturated heterocycles. The molecule has 1 aliphatic rings. The summed E-state index contributed by atoms with van der Waals surface area (Å²) in [6, 6.07) is 14.7. The lowest BCUT2D eigenvalue weighted by molar-refractivity contribution is 0.238. The molecular weight excluding hydrogens is 330 g/mol. The number of hydrogen-bond acceptors (Lipinski definition) is 4. The summed E-state index contributed by atoms with van der Waals surface area (Å²) in [5.74, 6) is 1.85. The molecule has 4 heteroatoms. The smallest absolute Gasteiger partial charge is 0.120 e. The maximum atomic E-state index is 5.90. The van der Waals surface area contributed by atoms with Crippen LogP contribution in [0.4, 0.5) is 0 Å². The molecule has 130 valence electrons. The van der Waals surface area contributed by atoms with Crippen LogP contribution in [0.25, 0.3) is 21.2 Å². The van der Waals surface area contributed by atoms with E-state index in [1.54, 1.807) is 18.4 Å². The number of fused-ring (bicyclic) bond motifs is 1. The maximum absolute atomic E-state index is 5.90. The van der Waals surface area contributed by atoms with Gasteiger partial charge in [0.05, 0.1) is 7.11 Å². The Morgan fingerprint density at radius 1 is 1.00 bits per heavy atom. The number of rotatable bonds is 6. The molecule has 25 heavy (non-hydrogen) atoms. The molecular formula is C21H23NO2S. The van der Waals surface area contributed by atoms with Crippen LogP contribution in [0.2, 0.25) is 0 Å². The first kappa shape index (κ1) is 16.4. The lowest BCUT2D eigenvalue weighted by Gasteiger charge is -2.15. The molecule has 2 heterocycles. The molecule has 0 saturated carbocycles. The molecule has 3 aromatic rings. The molecule has 1 aliphatic heterocycles. The van der Waals surface area contributed by atoms with E-state index < -0.39 is 0 Å². The Bertz CT molecular complexity index is 835. The van der Waals surface area contributed by atoms with Crippen LogP contribution in [0.5, 0.6) is 11.5 Å². The number of hydrogen-bond donors (Lipinski definition) is 0. The van der Waals surface area contributed by atoms with Crippen LogP contribution in [0, 0.1) is 0 Å². The topological polar surface area (TPSA) is 21.7 Å². The van der Waals surface area contributed by atoms with Crippen molar-refractivity contribution in [3.63, 3.8) is 0 Å². The van der Waals surface area contributed by atoms with Gasteiger partial charge in [0.2, 0.25) is 0 Å². The highest BCUT2D eigenvalue weighted by Gasteiger charge is 2.11. The van der Waals surface area contributed by atoms with Crippen molar-refractivity contribution >= 4 is 21.4 Å². The van der Waals surface area contributed by atoms with E-state index in [0.717, 1.165) is 24.7 Å². The van der Waals surface area contributed by atoms with Gasteiger partial charge >= 0.3 is 0 Å². The molecule has 3 nitrogen and oxygen atoms in total. The zero-order valence-electron chi connectivity index (χ0n) is 14.5. The Morgan fingerprint density at radius 2 is 1.76 bits per heavy atom. The van der Waals surface area contributed by atoms with E-state index in [2.05, 4.69) is 46.7 Å². The highest BCUT2D eigenvalue weighted by Crippen LogP contribution is 2.36. The third kappa shape index (κ3) is 3.65. The van der Waals surface area contributed by atoms with Crippen LogP contribution in [-0.4, -0.2) is 38.3 Å². The van der Waals surface area contributed by atoms with Gasteiger partial charge in [0.25, 0.3) is 0 Å². The first-order valence-corrected chi connectivity index (χ1v) is 9.72. The molecule has 1 aromatic heterocycles. The fourth-order valence-electron chi connectivity index (χ4n) is 3.39. The number of thiophene rings is 1. The molecule has 0 N–H and O–H groups in total. The van der Waals surface area contributed by atoms with Crippen molar-refractivity contribution in [1.82, 2.24) is 4.90 Å². The Labute approximate surface area is 152 Å². The molecule has 1 fully saturated rings. The van der Waals surface area contributed by atoms with E-state index in [-0.39, 0.29) is 0 Å². The zero-order valence-corrected chi connectivity index (χ0v) is 15.3. The van der Waals surface area contributed by atoms with E-state index in [0.29, 0.717) is 0 Å². The van der Waals surface area contributed by atoms with Crippen molar-refractivity contribution in [3.05, 3.63) is 47.8 Å². The monoisotopic (exact) mass is 353 g/mol. The summed E-state index contributed by atoms with van der Waals surface area (Å²) < 4.78 is 12.5. The standard InChI is InChI=1S/C21H23NO2S/c1-23-18-8-9-19-20(15-25-21(19)14-18)16-4-6-17(7-5-16)24-13-12-22-10-2-3-11-22/h4-9,14-15H,2-3,10-13H2,1H3. The molecule has 2 aromatic carbocycles. The summed E-state index contributed by atoms with van der Waals surface area (Å²) in [6.07, 6.45) is 2.66. The van der Waals surface area contributed by atoms with Crippen LogP contribution in [0.1, 0.15) is 12.8 Å². The second-order valence-corrected chi connectivity index (χ2v) is 7.34. The highest BCUT2D eigenvalue weighted by atomic mass is 32.1. The van der Waals surface area contributed by atoms with Crippen LogP contribution in [0.15, 0.2) is 47.8 Å². The second-order valence-electron chi connectivity index (χ2n) is 6.43. The van der Waals surface area contributed by atoms with Gasteiger partial charge in [-0.15, -0.1) is 11.3 Å². The maximum Gasteiger partial charge on any atom is 0.120 e. The summed E-state index contributed by atoms with van der Waals surface area (Å²) in [5.41, 5.74) is 2.49. The van der Waals surface area contributed by atoms with Gasteiger partial charge in [-0.05, 0) is 67.2 Å².